The van der Waals surface area contributed by atoms with Gasteiger partial charge in [-0.25, -0.2) is 0 Å². The van der Waals surface area contributed by atoms with Crippen molar-refractivity contribution >= 4 is 23.2 Å². The quantitative estimate of drug-likeness (QED) is 0.817. The van der Waals surface area contributed by atoms with E-state index in [1.165, 1.54) is 5.56 Å². The van der Waals surface area contributed by atoms with E-state index in [9.17, 15) is 9.59 Å². The van der Waals surface area contributed by atoms with Crippen LogP contribution >= 0.6 is 0 Å². The molecule has 128 valence electrons. The van der Waals surface area contributed by atoms with Gasteiger partial charge in [0.05, 0.1) is 11.3 Å². The summed E-state index contributed by atoms with van der Waals surface area (Å²) in [4.78, 5) is 25.1. The van der Waals surface area contributed by atoms with Gasteiger partial charge in [0.2, 0.25) is 11.8 Å². The fraction of sp³-hybridized carbons (Fsp3) is 0.250. The maximum Gasteiger partial charge on any atom is 0.239 e. The lowest BCUT2D eigenvalue weighted by Crippen LogP contribution is -2.41. The molecule has 0 bridgehead atoms. The van der Waals surface area contributed by atoms with Crippen LogP contribution in [0, 0.1) is 16.7 Å². The second kappa shape index (κ2) is 7.63. The number of aryl methyl sites for hydroxylation is 1. The number of hydrogen-bond acceptors (Lipinski definition) is 3. The first-order valence-electron chi connectivity index (χ1n) is 8.09. The Morgan fingerprint density at radius 2 is 1.60 bits per heavy atom. The molecule has 5 nitrogen and oxygen atoms in total. The zero-order chi connectivity index (χ0) is 18.4. The number of para-hydroxylation sites is 1. The van der Waals surface area contributed by atoms with Gasteiger partial charge < -0.3 is 10.6 Å². The number of nitriles is 1. The minimum atomic E-state index is -1.30. The summed E-state index contributed by atoms with van der Waals surface area (Å²) >= 11 is 0. The predicted octanol–water partition coefficient (Wildman–Crippen LogP) is 3.72. The molecule has 0 aliphatic rings. The molecule has 25 heavy (non-hydrogen) atoms. The standard InChI is InChI=1S/C20H21N3O2/c1-4-14-9-11-16(12-10-14)22-18(24)20(2,3)19(25)23-17-8-6-5-7-15(17)13-21/h5-12H,4H2,1-3H3,(H,22,24)(H,23,25). The van der Waals surface area contributed by atoms with Crippen LogP contribution < -0.4 is 10.6 Å². The monoisotopic (exact) mass is 335 g/mol. The van der Waals surface area contributed by atoms with E-state index in [-0.39, 0.29) is 0 Å². The van der Waals surface area contributed by atoms with Crippen molar-refractivity contribution in [3.05, 3.63) is 59.7 Å². The largest absolute Gasteiger partial charge is 0.325 e. The molecule has 2 amide bonds. The van der Waals surface area contributed by atoms with Crippen LogP contribution in [0.15, 0.2) is 48.5 Å². The van der Waals surface area contributed by atoms with E-state index in [0.29, 0.717) is 16.9 Å². The topological polar surface area (TPSA) is 82.0 Å². The molecule has 0 aliphatic carbocycles. The third-order valence-corrected chi connectivity index (χ3v) is 4.05. The van der Waals surface area contributed by atoms with Crippen LogP contribution in [-0.2, 0) is 16.0 Å². The van der Waals surface area contributed by atoms with Gasteiger partial charge in [0.1, 0.15) is 11.5 Å². The molecule has 0 saturated heterocycles. The fourth-order valence-corrected chi connectivity index (χ4v) is 2.18. The number of benzene rings is 2. The third-order valence-electron chi connectivity index (χ3n) is 4.05. The predicted molar refractivity (Wildman–Crippen MR) is 98.0 cm³/mol. The number of nitrogens with one attached hydrogen (secondary N) is 2. The van der Waals surface area contributed by atoms with Crippen molar-refractivity contribution in [2.75, 3.05) is 10.6 Å². The van der Waals surface area contributed by atoms with Gasteiger partial charge in [0.25, 0.3) is 0 Å². The van der Waals surface area contributed by atoms with Crippen LogP contribution in [0.3, 0.4) is 0 Å². The zero-order valence-corrected chi connectivity index (χ0v) is 14.6. The normalized spacial score (nSPS) is 10.6. The lowest BCUT2D eigenvalue weighted by Gasteiger charge is -2.23. The first kappa shape index (κ1) is 18.2. The average molecular weight is 335 g/mol. The Morgan fingerprint density at radius 1 is 1.00 bits per heavy atom. The fourth-order valence-electron chi connectivity index (χ4n) is 2.18. The number of carbonyl (C=O) groups excluding carboxylic acids is 2. The highest BCUT2D eigenvalue weighted by atomic mass is 16.2. The van der Waals surface area contributed by atoms with E-state index >= 15 is 0 Å². The van der Waals surface area contributed by atoms with Gasteiger partial charge in [-0.15, -0.1) is 0 Å². The third kappa shape index (κ3) is 4.24. The summed E-state index contributed by atoms with van der Waals surface area (Å²) in [5, 5.41) is 14.5. The van der Waals surface area contributed by atoms with Crippen molar-refractivity contribution < 1.29 is 9.59 Å². The van der Waals surface area contributed by atoms with E-state index in [1.807, 2.05) is 30.3 Å². The van der Waals surface area contributed by atoms with E-state index in [2.05, 4.69) is 17.6 Å². The van der Waals surface area contributed by atoms with Crippen molar-refractivity contribution in [3.8, 4) is 6.07 Å². The van der Waals surface area contributed by atoms with Crippen LogP contribution in [0.5, 0.6) is 0 Å². The van der Waals surface area contributed by atoms with Gasteiger partial charge in [-0.1, -0.05) is 31.2 Å². The summed E-state index contributed by atoms with van der Waals surface area (Å²) < 4.78 is 0. The highest BCUT2D eigenvalue weighted by molar-refractivity contribution is 6.14. The molecule has 0 spiro atoms. The summed E-state index contributed by atoms with van der Waals surface area (Å²) in [5.74, 6) is -0.887. The van der Waals surface area contributed by atoms with Crippen molar-refractivity contribution in [1.29, 1.82) is 5.26 Å². The molecule has 0 heterocycles. The van der Waals surface area contributed by atoms with Crippen LogP contribution in [0.25, 0.3) is 0 Å². The Kier molecular flexibility index (Phi) is 5.56. The Balaban J connectivity index is 2.11. The SMILES string of the molecule is CCc1ccc(NC(=O)C(C)(C)C(=O)Nc2ccccc2C#N)cc1. The molecule has 2 aromatic rings. The second-order valence-electron chi connectivity index (χ2n) is 6.24. The number of amides is 2. The van der Waals surface area contributed by atoms with Crippen molar-refractivity contribution in [2.24, 2.45) is 5.41 Å². The van der Waals surface area contributed by atoms with Gasteiger partial charge >= 0.3 is 0 Å². The lowest BCUT2D eigenvalue weighted by atomic mass is 9.90. The number of hydrogen-bond donors (Lipinski definition) is 2. The van der Waals surface area contributed by atoms with Crippen LogP contribution in [0.1, 0.15) is 31.9 Å². The maximum atomic E-state index is 12.6. The molecular weight excluding hydrogens is 314 g/mol. The molecule has 2 aromatic carbocycles. The molecule has 0 saturated carbocycles. The van der Waals surface area contributed by atoms with E-state index in [4.69, 9.17) is 5.26 Å². The first-order valence-corrected chi connectivity index (χ1v) is 8.09. The Labute approximate surface area is 147 Å². The maximum absolute atomic E-state index is 12.6. The summed E-state index contributed by atoms with van der Waals surface area (Å²) in [5.41, 5.74) is 1.25. The highest BCUT2D eigenvalue weighted by Crippen LogP contribution is 2.23. The van der Waals surface area contributed by atoms with Gasteiger partial charge in [-0.3, -0.25) is 9.59 Å². The van der Waals surface area contributed by atoms with E-state index in [1.54, 1.807) is 38.1 Å². The number of nitrogens with zero attached hydrogens (tertiary/aromatic N) is 1. The molecule has 5 heteroatoms. The molecule has 0 atom stereocenters. The molecule has 2 N–H and O–H groups in total. The minimum absolute atomic E-state index is 0.349. The Bertz CT molecular complexity index is 818. The smallest absolute Gasteiger partial charge is 0.239 e. The summed E-state index contributed by atoms with van der Waals surface area (Å²) in [6.45, 7) is 5.15. The van der Waals surface area contributed by atoms with Gasteiger partial charge in [-0.05, 0) is 50.1 Å². The van der Waals surface area contributed by atoms with Crippen LogP contribution in [0.2, 0.25) is 0 Å². The van der Waals surface area contributed by atoms with Gasteiger partial charge in [-0.2, -0.15) is 5.26 Å². The summed E-state index contributed by atoms with van der Waals surface area (Å²) in [6.07, 6.45) is 0.917. The van der Waals surface area contributed by atoms with Crippen LogP contribution in [-0.4, -0.2) is 11.8 Å². The highest BCUT2D eigenvalue weighted by Gasteiger charge is 2.36. The minimum Gasteiger partial charge on any atom is -0.325 e. The Hall–Kier alpha value is -3.13. The number of carbonyl (C=O) groups is 2. The zero-order valence-electron chi connectivity index (χ0n) is 14.6. The van der Waals surface area contributed by atoms with E-state index in [0.717, 1.165) is 6.42 Å². The van der Waals surface area contributed by atoms with Crippen LogP contribution in [0.4, 0.5) is 11.4 Å². The molecular formula is C20H21N3O2. The molecule has 0 fully saturated rings. The molecule has 0 radical (unpaired) electrons. The van der Waals surface area contributed by atoms with E-state index < -0.39 is 17.2 Å². The van der Waals surface area contributed by atoms with Gasteiger partial charge in [0, 0.05) is 5.69 Å². The van der Waals surface area contributed by atoms with Gasteiger partial charge in [0.15, 0.2) is 0 Å². The Morgan fingerprint density at radius 3 is 2.20 bits per heavy atom. The summed E-state index contributed by atoms with van der Waals surface area (Å²) in [6, 6.07) is 16.2. The summed E-state index contributed by atoms with van der Waals surface area (Å²) in [7, 11) is 0. The van der Waals surface area contributed by atoms with Crippen molar-refractivity contribution in [3.63, 3.8) is 0 Å². The molecule has 0 aromatic heterocycles. The number of rotatable bonds is 5. The van der Waals surface area contributed by atoms with Crippen molar-refractivity contribution in [1.82, 2.24) is 0 Å². The molecule has 0 unspecified atom stereocenters. The first-order chi connectivity index (χ1) is 11.9. The number of anilines is 2. The molecule has 0 aliphatic heterocycles. The lowest BCUT2D eigenvalue weighted by molar-refractivity contribution is -0.135. The van der Waals surface area contributed by atoms with Crippen molar-refractivity contribution in [2.45, 2.75) is 27.2 Å². The average Bonchev–Trinajstić information content (AvgIpc) is 2.62. The second-order valence-corrected chi connectivity index (χ2v) is 6.24. The molecule has 2 rings (SSSR count).